The molecule has 0 unspecified atom stereocenters. The summed E-state index contributed by atoms with van der Waals surface area (Å²) in [6.07, 6.45) is 1.05. The van der Waals surface area contributed by atoms with E-state index in [9.17, 15) is 9.59 Å². The molecule has 0 aliphatic rings. The van der Waals surface area contributed by atoms with Gasteiger partial charge >= 0.3 is 12.1 Å². The van der Waals surface area contributed by atoms with Gasteiger partial charge in [0.25, 0.3) is 0 Å². The lowest BCUT2D eigenvalue weighted by atomic mass is 9.91. The highest BCUT2D eigenvalue weighted by atomic mass is 16.5. The van der Waals surface area contributed by atoms with Gasteiger partial charge in [-0.2, -0.15) is 9.59 Å². The molecule has 0 bridgehead atoms. The Kier molecular flexibility index (Phi) is 9.39. The zero-order valence-corrected chi connectivity index (χ0v) is 12.5. The molecule has 0 fully saturated rings. The fourth-order valence-electron chi connectivity index (χ4n) is 1.78. The third-order valence-corrected chi connectivity index (χ3v) is 2.95. The van der Waals surface area contributed by atoms with Gasteiger partial charge in [-0.05, 0) is 12.0 Å². The first-order valence-corrected chi connectivity index (χ1v) is 6.60. The van der Waals surface area contributed by atoms with Crippen molar-refractivity contribution in [2.75, 3.05) is 7.11 Å². The fraction of sp³-hybridized carbons (Fsp3) is 0.438. The first kappa shape index (κ1) is 18.7. The van der Waals surface area contributed by atoms with Crippen molar-refractivity contribution in [1.29, 1.82) is 0 Å². The lowest BCUT2D eigenvalue weighted by Crippen LogP contribution is -2.24. The van der Waals surface area contributed by atoms with Crippen LogP contribution >= 0.6 is 0 Å². The summed E-state index contributed by atoms with van der Waals surface area (Å²) in [4.78, 5) is 39.7. The van der Waals surface area contributed by atoms with E-state index in [1.165, 1.54) is 7.11 Å². The largest absolute Gasteiger partial charge is 0.469 e. The van der Waals surface area contributed by atoms with Crippen LogP contribution in [0.3, 0.4) is 0 Å². The number of ether oxygens (including phenoxy) is 1. The Balaban J connectivity index is 0.00000122. The molecule has 1 aromatic carbocycles. The fourth-order valence-corrected chi connectivity index (χ4v) is 1.78. The molecular formula is C16H20O5. The SMILES string of the molecule is COC(=O)[C@@H](CC(=O)C(C)C)Cc1ccccc1.O=C=O. The van der Waals surface area contributed by atoms with Gasteiger partial charge in [0.15, 0.2) is 0 Å². The van der Waals surface area contributed by atoms with E-state index in [4.69, 9.17) is 14.3 Å². The number of ketones is 1. The first-order valence-electron chi connectivity index (χ1n) is 6.60. The second-order valence-corrected chi connectivity index (χ2v) is 4.82. The van der Waals surface area contributed by atoms with Gasteiger partial charge in [0.05, 0.1) is 13.0 Å². The number of benzene rings is 1. The second-order valence-electron chi connectivity index (χ2n) is 4.82. The number of carbonyl (C=O) groups excluding carboxylic acids is 4. The molecule has 1 atom stereocenters. The van der Waals surface area contributed by atoms with Crippen molar-refractivity contribution in [3.05, 3.63) is 35.9 Å². The van der Waals surface area contributed by atoms with E-state index < -0.39 is 0 Å². The molecule has 21 heavy (non-hydrogen) atoms. The van der Waals surface area contributed by atoms with E-state index >= 15 is 0 Å². The Bertz CT molecular complexity index is 473. The smallest absolute Gasteiger partial charge is 0.373 e. The van der Waals surface area contributed by atoms with Gasteiger partial charge in [-0.15, -0.1) is 0 Å². The summed E-state index contributed by atoms with van der Waals surface area (Å²) in [5.74, 6) is -0.644. The highest BCUT2D eigenvalue weighted by Crippen LogP contribution is 2.16. The maximum absolute atomic E-state index is 11.8. The molecule has 5 nitrogen and oxygen atoms in total. The maximum atomic E-state index is 11.8. The molecule has 0 radical (unpaired) electrons. The third-order valence-electron chi connectivity index (χ3n) is 2.95. The van der Waals surface area contributed by atoms with Gasteiger partial charge in [-0.1, -0.05) is 44.2 Å². The molecule has 0 aromatic heterocycles. The van der Waals surface area contributed by atoms with Crippen LogP contribution in [0.2, 0.25) is 0 Å². The molecule has 0 amide bonds. The summed E-state index contributed by atoms with van der Waals surface area (Å²) in [5, 5.41) is 0. The van der Waals surface area contributed by atoms with Gasteiger partial charge in [-0.25, -0.2) is 0 Å². The lowest BCUT2D eigenvalue weighted by Gasteiger charge is -2.15. The van der Waals surface area contributed by atoms with Crippen LogP contribution in [0.5, 0.6) is 0 Å². The van der Waals surface area contributed by atoms with Crippen LogP contribution < -0.4 is 0 Å². The van der Waals surface area contributed by atoms with Crippen molar-refractivity contribution >= 4 is 17.9 Å². The normalized spacial score (nSPS) is 10.9. The molecule has 0 saturated heterocycles. The number of methoxy groups -OCH3 is 1. The Labute approximate surface area is 124 Å². The lowest BCUT2D eigenvalue weighted by molar-refractivity contribution is -0.191. The Morgan fingerprint density at radius 1 is 1.14 bits per heavy atom. The van der Waals surface area contributed by atoms with Gasteiger partial charge in [0, 0.05) is 12.3 Å². The highest BCUT2D eigenvalue weighted by Gasteiger charge is 2.24. The van der Waals surface area contributed by atoms with Crippen LogP contribution in [0.1, 0.15) is 25.8 Å². The average Bonchev–Trinajstić information content (AvgIpc) is 2.47. The van der Waals surface area contributed by atoms with Crippen molar-refractivity contribution < 1.29 is 23.9 Å². The van der Waals surface area contributed by atoms with E-state index in [2.05, 4.69) is 0 Å². The maximum Gasteiger partial charge on any atom is 0.373 e. The predicted molar refractivity (Wildman–Crippen MR) is 75.1 cm³/mol. The molecule has 0 aliphatic heterocycles. The molecule has 0 heterocycles. The average molecular weight is 292 g/mol. The van der Waals surface area contributed by atoms with Crippen molar-refractivity contribution in [1.82, 2.24) is 0 Å². The summed E-state index contributed by atoms with van der Waals surface area (Å²) < 4.78 is 4.77. The van der Waals surface area contributed by atoms with E-state index in [-0.39, 0.29) is 36.2 Å². The molecule has 0 N–H and O–H groups in total. The topological polar surface area (TPSA) is 77.5 Å². The van der Waals surface area contributed by atoms with Gasteiger partial charge in [-0.3, -0.25) is 9.59 Å². The third kappa shape index (κ3) is 7.80. The zero-order chi connectivity index (χ0) is 16.3. The molecule has 114 valence electrons. The minimum atomic E-state index is -0.382. The van der Waals surface area contributed by atoms with Crippen LogP contribution in [-0.4, -0.2) is 25.0 Å². The van der Waals surface area contributed by atoms with E-state index in [0.29, 0.717) is 6.42 Å². The first-order chi connectivity index (χ1) is 9.96. The minimum Gasteiger partial charge on any atom is -0.469 e. The van der Waals surface area contributed by atoms with E-state index in [0.717, 1.165) is 5.56 Å². The van der Waals surface area contributed by atoms with Gasteiger partial charge in [0.2, 0.25) is 0 Å². The van der Waals surface area contributed by atoms with Crippen LogP contribution in [0.4, 0.5) is 0 Å². The summed E-state index contributed by atoms with van der Waals surface area (Å²) >= 11 is 0. The zero-order valence-electron chi connectivity index (χ0n) is 12.5. The summed E-state index contributed by atoms with van der Waals surface area (Å²) in [6.45, 7) is 3.69. The van der Waals surface area contributed by atoms with Crippen LogP contribution in [0.25, 0.3) is 0 Å². The molecule has 0 saturated carbocycles. The molecular weight excluding hydrogens is 272 g/mol. The Morgan fingerprint density at radius 3 is 2.10 bits per heavy atom. The van der Waals surface area contributed by atoms with Crippen LogP contribution in [0, 0.1) is 11.8 Å². The van der Waals surface area contributed by atoms with Crippen LogP contribution in [0.15, 0.2) is 30.3 Å². The minimum absolute atomic E-state index is 0.0482. The number of hydrogen-bond acceptors (Lipinski definition) is 5. The number of esters is 1. The van der Waals surface area contributed by atoms with Crippen molar-refractivity contribution in [2.45, 2.75) is 26.7 Å². The quantitative estimate of drug-likeness (QED) is 0.750. The Hall–Kier alpha value is -2.26. The molecule has 1 aromatic rings. The number of hydrogen-bond donors (Lipinski definition) is 0. The predicted octanol–water partition coefficient (Wildman–Crippen LogP) is 2.05. The van der Waals surface area contributed by atoms with Crippen molar-refractivity contribution in [2.24, 2.45) is 11.8 Å². The van der Waals surface area contributed by atoms with E-state index in [1.54, 1.807) is 0 Å². The molecule has 0 aliphatic carbocycles. The standard InChI is InChI=1S/C15H20O3.CO2/c1-11(2)14(16)10-13(15(17)18-3)9-12-7-5-4-6-8-12;2-1-3/h4-8,11,13H,9-10H2,1-3H3;/t13-;/m1./s1. The van der Waals surface area contributed by atoms with Gasteiger partial charge < -0.3 is 4.74 Å². The summed E-state index contributed by atoms with van der Waals surface area (Å²) in [5.41, 5.74) is 1.05. The molecule has 5 heteroatoms. The van der Waals surface area contributed by atoms with Gasteiger partial charge in [0.1, 0.15) is 5.78 Å². The van der Waals surface area contributed by atoms with Crippen LogP contribution in [-0.2, 0) is 30.3 Å². The summed E-state index contributed by atoms with van der Waals surface area (Å²) in [7, 11) is 1.36. The monoisotopic (exact) mass is 292 g/mol. The number of Topliss-reactive ketones (excluding diaryl/α,β-unsaturated/α-hetero) is 1. The Morgan fingerprint density at radius 2 is 1.67 bits per heavy atom. The number of rotatable bonds is 6. The highest BCUT2D eigenvalue weighted by molar-refractivity contribution is 5.85. The van der Waals surface area contributed by atoms with E-state index in [1.807, 2.05) is 44.2 Å². The molecule has 1 rings (SSSR count). The number of carbonyl (C=O) groups is 2. The van der Waals surface area contributed by atoms with Crippen molar-refractivity contribution in [3.63, 3.8) is 0 Å². The van der Waals surface area contributed by atoms with Crippen molar-refractivity contribution in [3.8, 4) is 0 Å². The molecule has 0 spiro atoms. The second kappa shape index (κ2) is 10.5. The summed E-state index contributed by atoms with van der Waals surface area (Å²) in [6, 6.07) is 9.68.